The van der Waals surface area contributed by atoms with Crippen LogP contribution in [0.25, 0.3) is 77.3 Å². The topological polar surface area (TPSA) is 37.8 Å². The van der Waals surface area contributed by atoms with E-state index in [0.29, 0.717) is 0 Å². The molecule has 2 heterocycles. The highest BCUT2D eigenvalue weighted by Gasteiger charge is 2.37. The van der Waals surface area contributed by atoms with E-state index < -0.39 is 0 Å². The Morgan fingerprint density at radius 1 is 0.519 bits per heavy atom. The van der Waals surface area contributed by atoms with Crippen LogP contribution in [0.15, 0.2) is 169 Å². The van der Waals surface area contributed by atoms with Crippen LogP contribution in [0.5, 0.6) is 0 Å². The molecule has 0 bridgehead atoms. The highest BCUT2D eigenvalue weighted by atomic mass is 32.2. The highest BCUT2D eigenvalue weighted by molar-refractivity contribution is 8.00. The number of benzene rings is 8. The van der Waals surface area contributed by atoms with Gasteiger partial charge in [-0.15, -0.1) is 0 Å². The summed E-state index contributed by atoms with van der Waals surface area (Å²) < 4.78 is 0. The monoisotopic (exact) mass is 709 g/mol. The van der Waals surface area contributed by atoms with E-state index in [1.807, 2.05) is 23.9 Å². The predicted octanol–water partition coefficient (Wildman–Crippen LogP) is 13.5. The van der Waals surface area contributed by atoms with E-state index in [4.69, 9.17) is 9.97 Å². The minimum Gasteiger partial charge on any atom is -0.368 e. The molecule has 2 aliphatic rings. The fourth-order valence-corrected chi connectivity index (χ4v) is 9.79. The molecule has 0 spiro atoms. The van der Waals surface area contributed by atoms with Gasteiger partial charge in [0.05, 0.1) is 17.1 Å². The first-order valence-corrected chi connectivity index (χ1v) is 19.5. The zero-order chi connectivity index (χ0) is 36.0. The van der Waals surface area contributed by atoms with Crippen molar-refractivity contribution in [3.05, 3.63) is 180 Å². The van der Waals surface area contributed by atoms with Gasteiger partial charge in [-0.1, -0.05) is 159 Å². The minimum absolute atomic E-state index is 0.0758. The molecule has 1 N–H and O–H groups in total. The third kappa shape index (κ3) is 4.90. The van der Waals surface area contributed by atoms with Gasteiger partial charge < -0.3 is 5.32 Å². The van der Waals surface area contributed by atoms with Gasteiger partial charge in [0.15, 0.2) is 5.82 Å². The number of nitrogens with zero attached hydrogens (tertiary/aromatic N) is 2. The van der Waals surface area contributed by atoms with Gasteiger partial charge in [-0.3, -0.25) is 0 Å². The number of anilines is 1. The molecule has 256 valence electrons. The van der Waals surface area contributed by atoms with Crippen LogP contribution < -0.4 is 5.32 Å². The van der Waals surface area contributed by atoms with E-state index in [1.54, 1.807) is 0 Å². The standard InChI is InChI=1S/C50H35N3S/c1-50(2)41-28-37(20-23-39(41)40-26-33-15-9-10-16-34(33)27-42(40)50)49-53-47-45(54-49)24-21-32-17-18-35-25-36(19-22-38(35)46(32)47)48-51-43(30-11-5-3-6-12-30)29-44(52-48)31-13-7-4-8-14-31/h3-29,49,53H,1-2H3. The molecular weight excluding hydrogens is 675 g/mol. The summed E-state index contributed by atoms with van der Waals surface area (Å²) in [5.41, 5.74) is 12.9. The van der Waals surface area contributed by atoms with Gasteiger partial charge in [-0.25, -0.2) is 9.97 Å². The number of rotatable bonds is 4. The molecule has 0 fully saturated rings. The van der Waals surface area contributed by atoms with Crippen LogP contribution in [0, 0.1) is 0 Å². The SMILES string of the molecule is CC1(C)c2cc(C3Nc4c(ccc5ccc6cc(-c7nc(-c8ccccc8)cc(-c8ccccc8)n7)ccc6c45)S3)ccc2-c2cc3ccccc3cc21. The van der Waals surface area contributed by atoms with Gasteiger partial charge in [-0.05, 0) is 85.1 Å². The molecule has 0 amide bonds. The molecule has 4 heteroatoms. The first-order chi connectivity index (χ1) is 26.5. The Balaban J connectivity index is 0.974. The molecule has 9 aromatic rings. The second-order valence-corrected chi connectivity index (χ2v) is 16.2. The molecule has 1 aliphatic carbocycles. The predicted molar refractivity (Wildman–Crippen MR) is 227 cm³/mol. The number of hydrogen-bond donors (Lipinski definition) is 1. The molecular formula is C50H35N3S. The van der Waals surface area contributed by atoms with E-state index >= 15 is 0 Å². The Morgan fingerprint density at radius 2 is 1.17 bits per heavy atom. The van der Waals surface area contributed by atoms with Crippen LogP contribution in [0.1, 0.15) is 35.9 Å². The van der Waals surface area contributed by atoms with Crippen molar-refractivity contribution in [3.63, 3.8) is 0 Å². The van der Waals surface area contributed by atoms with Crippen molar-refractivity contribution in [2.75, 3.05) is 5.32 Å². The van der Waals surface area contributed by atoms with Gasteiger partial charge in [0.2, 0.25) is 0 Å². The van der Waals surface area contributed by atoms with Crippen molar-refractivity contribution in [1.29, 1.82) is 0 Å². The minimum atomic E-state index is -0.0758. The zero-order valence-corrected chi connectivity index (χ0v) is 30.8. The van der Waals surface area contributed by atoms with E-state index in [9.17, 15) is 0 Å². The fourth-order valence-electron chi connectivity index (χ4n) is 8.65. The lowest BCUT2D eigenvalue weighted by Crippen LogP contribution is -2.15. The van der Waals surface area contributed by atoms with Crippen LogP contribution in [0.3, 0.4) is 0 Å². The van der Waals surface area contributed by atoms with Crippen LogP contribution in [0.4, 0.5) is 5.69 Å². The van der Waals surface area contributed by atoms with Crippen LogP contribution in [-0.4, -0.2) is 9.97 Å². The average Bonchev–Trinajstić information content (AvgIpc) is 3.76. The highest BCUT2D eigenvalue weighted by Crippen LogP contribution is 2.54. The molecule has 1 aromatic heterocycles. The maximum absolute atomic E-state index is 5.11. The van der Waals surface area contributed by atoms with Gasteiger partial charge in [0.1, 0.15) is 5.37 Å². The lowest BCUT2D eigenvalue weighted by molar-refractivity contribution is 0.660. The van der Waals surface area contributed by atoms with Crippen molar-refractivity contribution >= 4 is 49.8 Å². The summed E-state index contributed by atoms with van der Waals surface area (Å²) in [6.07, 6.45) is 0. The zero-order valence-electron chi connectivity index (χ0n) is 30.0. The van der Waals surface area contributed by atoms with Gasteiger partial charge in [-0.2, -0.15) is 0 Å². The summed E-state index contributed by atoms with van der Waals surface area (Å²) in [6, 6.07) is 59.2. The number of fused-ring (bicyclic) bond motifs is 9. The van der Waals surface area contributed by atoms with E-state index in [1.165, 1.54) is 70.7 Å². The molecule has 1 atom stereocenters. The number of aromatic nitrogens is 2. The second-order valence-electron chi connectivity index (χ2n) is 15.0. The van der Waals surface area contributed by atoms with Crippen LogP contribution in [0.2, 0.25) is 0 Å². The largest absolute Gasteiger partial charge is 0.368 e. The van der Waals surface area contributed by atoms with Gasteiger partial charge in [0.25, 0.3) is 0 Å². The average molecular weight is 710 g/mol. The Bertz CT molecular complexity index is 2910. The van der Waals surface area contributed by atoms with Crippen molar-refractivity contribution in [3.8, 4) is 45.0 Å². The van der Waals surface area contributed by atoms with Crippen LogP contribution >= 0.6 is 11.8 Å². The molecule has 0 saturated carbocycles. The summed E-state index contributed by atoms with van der Waals surface area (Å²) in [7, 11) is 0. The molecule has 0 radical (unpaired) electrons. The summed E-state index contributed by atoms with van der Waals surface area (Å²) in [5.74, 6) is 0.721. The molecule has 1 unspecified atom stereocenters. The molecule has 3 nitrogen and oxygen atoms in total. The number of nitrogens with one attached hydrogen (secondary N) is 1. The summed E-state index contributed by atoms with van der Waals surface area (Å²) in [6.45, 7) is 4.75. The lowest BCUT2D eigenvalue weighted by atomic mass is 9.81. The summed E-state index contributed by atoms with van der Waals surface area (Å²) in [4.78, 5) is 11.5. The molecule has 8 aromatic carbocycles. The maximum atomic E-state index is 5.11. The molecule has 11 rings (SSSR count). The normalized spacial score (nSPS) is 15.3. The Hall–Kier alpha value is -6.23. The van der Waals surface area contributed by atoms with E-state index in [0.717, 1.165) is 33.9 Å². The van der Waals surface area contributed by atoms with Crippen LogP contribution in [-0.2, 0) is 5.41 Å². The second kappa shape index (κ2) is 11.9. The Morgan fingerprint density at radius 3 is 1.91 bits per heavy atom. The van der Waals surface area contributed by atoms with Crippen molar-refractivity contribution < 1.29 is 0 Å². The van der Waals surface area contributed by atoms with E-state index in [2.05, 4.69) is 171 Å². The maximum Gasteiger partial charge on any atom is 0.160 e. The molecule has 0 saturated heterocycles. The molecule has 1 aliphatic heterocycles. The van der Waals surface area contributed by atoms with Crippen molar-refractivity contribution in [2.24, 2.45) is 0 Å². The quantitative estimate of drug-likeness (QED) is 0.185. The van der Waals surface area contributed by atoms with E-state index in [-0.39, 0.29) is 10.8 Å². The summed E-state index contributed by atoms with van der Waals surface area (Å²) in [5, 5.41) is 11.6. The lowest BCUT2D eigenvalue weighted by Gasteiger charge is -2.23. The van der Waals surface area contributed by atoms with Gasteiger partial charge in [0, 0.05) is 32.4 Å². The Kier molecular flexibility index (Phi) is 6.90. The van der Waals surface area contributed by atoms with Crippen molar-refractivity contribution in [2.45, 2.75) is 29.5 Å². The number of thioether (sulfide) groups is 1. The Labute approximate surface area is 318 Å². The molecule has 54 heavy (non-hydrogen) atoms. The van der Waals surface area contributed by atoms with Gasteiger partial charge >= 0.3 is 0 Å². The first-order valence-electron chi connectivity index (χ1n) is 18.6. The number of hydrogen-bond acceptors (Lipinski definition) is 4. The summed E-state index contributed by atoms with van der Waals surface area (Å²) >= 11 is 1.91. The third-order valence-corrected chi connectivity index (χ3v) is 12.7. The van der Waals surface area contributed by atoms with Crippen molar-refractivity contribution in [1.82, 2.24) is 9.97 Å². The first kappa shape index (κ1) is 31.3. The third-order valence-electron chi connectivity index (χ3n) is 11.5. The smallest absolute Gasteiger partial charge is 0.160 e. The fraction of sp³-hybridized carbons (Fsp3) is 0.0800.